The van der Waals surface area contributed by atoms with Gasteiger partial charge in [0.05, 0.1) is 6.04 Å². The van der Waals surface area contributed by atoms with Crippen LogP contribution in [0.15, 0.2) is 24.3 Å². The molecule has 0 bridgehead atoms. The average molecular weight is 248 g/mol. The standard InChI is InChI=1S/C13H16N2O3/c1-9-2-4-10(5-3-9)15-11(6-7-12(16)17)8-14-13(15)18/h2-5,11H,6-8H2,1H3,(H,14,18)(H,16,17). The van der Waals surface area contributed by atoms with Gasteiger partial charge in [0.15, 0.2) is 0 Å². The van der Waals surface area contributed by atoms with Gasteiger partial charge in [-0.2, -0.15) is 0 Å². The number of aliphatic carboxylic acids is 1. The Hall–Kier alpha value is -2.04. The molecular weight excluding hydrogens is 232 g/mol. The van der Waals surface area contributed by atoms with E-state index < -0.39 is 5.97 Å². The molecule has 0 spiro atoms. The van der Waals surface area contributed by atoms with Gasteiger partial charge in [0.1, 0.15) is 0 Å². The van der Waals surface area contributed by atoms with Crippen molar-refractivity contribution in [2.45, 2.75) is 25.8 Å². The maximum absolute atomic E-state index is 11.8. The van der Waals surface area contributed by atoms with Crippen LogP contribution in [0.3, 0.4) is 0 Å². The molecule has 1 fully saturated rings. The first-order valence-electron chi connectivity index (χ1n) is 5.93. The fourth-order valence-electron chi connectivity index (χ4n) is 2.10. The Labute approximate surface area is 105 Å². The van der Waals surface area contributed by atoms with E-state index in [4.69, 9.17) is 5.11 Å². The number of rotatable bonds is 4. The Bertz CT molecular complexity index is 456. The zero-order valence-electron chi connectivity index (χ0n) is 10.2. The Morgan fingerprint density at radius 2 is 2.11 bits per heavy atom. The molecule has 1 unspecified atom stereocenters. The number of amides is 2. The van der Waals surface area contributed by atoms with E-state index in [1.807, 2.05) is 31.2 Å². The second kappa shape index (κ2) is 5.08. The van der Waals surface area contributed by atoms with Gasteiger partial charge in [0.25, 0.3) is 0 Å². The van der Waals surface area contributed by atoms with Crippen molar-refractivity contribution in [3.8, 4) is 0 Å². The highest BCUT2D eigenvalue weighted by atomic mass is 16.4. The second-order valence-electron chi connectivity index (χ2n) is 4.48. The SMILES string of the molecule is Cc1ccc(N2C(=O)NCC2CCC(=O)O)cc1. The summed E-state index contributed by atoms with van der Waals surface area (Å²) in [6.45, 7) is 2.48. The van der Waals surface area contributed by atoms with Gasteiger partial charge in [-0.3, -0.25) is 9.69 Å². The molecule has 5 nitrogen and oxygen atoms in total. The van der Waals surface area contributed by atoms with Gasteiger partial charge in [-0.05, 0) is 25.5 Å². The molecular formula is C13H16N2O3. The highest BCUT2D eigenvalue weighted by Crippen LogP contribution is 2.23. The number of urea groups is 1. The molecule has 1 aliphatic rings. The van der Waals surface area contributed by atoms with Crippen LogP contribution in [0.1, 0.15) is 18.4 Å². The lowest BCUT2D eigenvalue weighted by atomic mass is 10.1. The number of carbonyl (C=O) groups excluding carboxylic acids is 1. The molecule has 2 amide bonds. The lowest BCUT2D eigenvalue weighted by molar-refractivity contribution is -0.137. The van der Waals surface area contributed by atoms with Gasteiger partial charge in [0, 0.05) is 18.7 Å². The molecule has 2 rings (SSSR count). The summed E-state index contributed by atoms with van der Waals surface area (Å²) in [4.78, 5) is 24.0. The van der Waals surface area contributed by atoms with Crippen molar-refractivity contribution >= 4 is 17.7 Å². The number of hydrogen-bond acceptors (Lipinski definition) is 2. The minimum absolute atomic E-state index is 0.0714. The average Bonchev–Trinajstić information content (AvgIpc) is 2.69. The van der Waals surface area contributed by atoms with Crippen LogP contribution in [0.5, 0.6) is 0 Å². The Morgan fingerprint density at radius 3 is 2.72 bits per heavy atom. The lowest BCUT2D eigenvalue weighted by Crippen LogP contribution is -2.34. The molecule has 96 valence electrons. The van der Waals surface area contributed by atoms with Crippen LogP contribution >= 0.6 is 0 Å². The quantitative estimate of drug-likeness (QED) is 0.853. The van der Waals surface area contributed by atoms with Crippen molar-refractivity contribution in [3.63, 3.8) is 0 Å². The highest BCUT2D eigenvalue weighted by molar-refractivity contribution is 5.95. The van der Waals surface area contributed by atoms with Crippen LogP contribution in [0.25, 0.3) is 0 Å². The Morgan fingerprint density at radius 1 is 1.44 bits per heavy atom. The Kier molecular flexibility index (Phi) is 3.50. The van der Waals surface area contributed by atoms with Gasteiger partial charge in [-0.25, -0.2) is 4.79 Å². The monoisotopic (exact) mass is 248 g/mol. The molecule has 1 saturated heterocycles. The normalized spacial score (nSPS) is 18.8. The zero-order valence-corrected chi connectivity index (χ0v) is 10.2. The Balaban J connectivity index is 2.14. The zero-order chi connectivity index (χ0) is 13.1. The van der Waals surface area contributed by atoms with Crippen molar-refractivity contribution in [3.05, 3.63) is 29.8 Å². The van der Waals surface area contributed by atoms with Gasteiger partial charge in [-0.15, -0.1) is 0 Å². The summed E-state index contributed by atoms with van der Waals surface area (Å²) in [5.41, 5.74) is 1.94. The fraction of sp³-hybridized carbons (Fsp3) is 0.385. The molecule has 5 heteroatoms. The van der Waals surface area contributed by atoms with Crippen LogP contribution in [-0.2, 0) is 4.79 Å². The molecule has 0 aromatic heterocycles. The summed E-state index contributed by atoms with van der Waals surface area (Å²) in [5, 5.41) is 11.5. The van der Waals surface area contributed by atoms with Crippen molar-refractivity contribution in [2.24, 2.45) is 0 Å². The second-order valence-corrected chi connectivity index (χ2v) is 4.48. The summed E-state index contributed by atoms with van der Waals surface area (Å²) < 4.78 is 0. The van der Waals surface area contributed by atoms with Crippen molar-refractivity contribution in [1.29, 1.82) is 0 Å². The first-order valence-corrected chi connectivity index (χ1v) is 5.93. The van der Waals surface area contributed by atoms with E-state index >= 15 is 0 Å². The molecule has 0 aliphatic carbocycles. The first-order chi connectivity index (χ1) is 8.58. The molecule has 1 aromatic carbocycles. The molecule has 1 atom stereocenters. The number of aryl methyl sites for hydroxylation is 1. The number of nitrogens with one attached hydrogen (secondary N) is 1. The summed E-state index contributed by atoms with van der Waals surface area (Å²) in [7, 11) is 0. The van der Waals surface area contributed by atoms with Gasteiger partial charge in [-0.1, -0.05) is 17.7 Å². The minimum atomic E-state index is -0.835. The summed E-state index contributed by atoms with van der Waals surface area (Å²) >= 11 is 0. The molecule has 0 radical (unpaired) electrons. The van der Waals surface area contributed by atoms with Crippen molar-refractivity contribution < 1.29 is 14.7 Å². The smallest absolute Gasteiger partial charge is 0.322 e. The minimum Gasteiger partial charge on any atom is -0.481 e. The third kappa shape index (κ3) is 2.61. The largest absolute Gasteiger partial charge is 0.481 e. The van der Waals surface area contributed by atoms with E-state index in [1.165, 1.54) is 0 Å². The number of carbonyl (C=O) groups is 2. The predicted molar refractivity (Wildman–Crippen MR) is 67.7 cm³/mol. The number of carboxylic acids is 1. The summed E-state index contributed by atoms with van der Waals surface area (Å²) in [6.07, 6.45) is 0.532. The van der Waals surface area contributed by atoms with Crippen molar-refractivity contribution in [1.82, 2.24) is 5.32 Å². The summed E-state index contributed by atoms with van der Waals surface area (Å²) in [5.74, 6) is -0.835. The molecule has 0 saturated carbocycles. The van der Waals surface area contributed by atoms with Crippen LogP contribution in [0.4, 0.5) is 10.5 Å². The number of benzene rings is 1. The number of carboxylic acid groups (broad SMARTS) is 1. The van der Waals surface area contributed by atoms with Crippen LogP contribution in [0.2, 0.25) is 0 Å². The predicted octanol–water partition coefficient (Wildman–Crippen LogP) is 1.76. The van der Waals surface area contributed by atoms with E-state index in [-0.39, 0.29) is 18.5 Å². The maximum atomic E-state index is 11.8. The number of anilines is 1. The van der Waals surface area contributed by atoms with Crippen LogP contribution in [0, 0.1) is 6.92 Å². The first kappa shape index (κ1) is 12.4. The van der Waals surface area contributed by atoms with Gasteiger partial charge in [0.2, 0.25) is 0 Å². The van der Waals surface area contributed by atoms with E-state index in [0.717, 1.165) is 11.3 Å². The molecule has 1 heterocycles. The summed E-state index contributed by atoms with van der Waals surface area (Å²) in [6, 6.07) is 7.40. The third-order valence-corrected chi connectivity index (χ3v) is 3.08. The van der Waals surface area contributed by atoms with Gasteiger partial charge < -0.3 is 10.4 Å². The number of hydrogen-bond donors (Lipinski definition) is 2. The third-order valence-electron chi connectivity index (χ3n) is 3.08. The lowest BCUT2D eigenvalue weighted by Gasteiger charge is -2.22. The van der Waals surface area contributed by atoms with E-state index in [2.05, 4.69) is 5.32 Å². The topological polar surface area (TPSA) is 69.6 Å². The highest BCUT2D eigenvalue weighted by Gasteiger charge is 2.31. The molecule has 1 aliphatic heterocycles. The van der Waals surface area contributed by atoms with E-state index in [0.29, 0.717) is 13.0 Å². The molecule has 1 aromatic rings. The number of nitrogens with zero attached hydrogens (tertiary/aromatic N) is 1. The van der Waals surface area contributed by atoms with Gasteiger partial charge >= 0.3 is 12.0 Å². The fourth-order valence-corrected chi connectivity index (χ4v) is 2.10. The van der Waals surface area contributed by atoms with E-state index in [9.17, 15) is 9.59 Å². The molecule has 2 N–H and O–H groups in total. The van der Waals surface area contributed by atoms with E-state index in [1.54, 1.807) is 4.90 Å². The van der Waals surface area contributed by atoms with Crippen molar-refractivity contribution in [2.75, 3.05) is 11.4 Å². The van der Waals surface area contributed by atoms with Crippen LogP contribution < -0.4 is 10.2 Å². The van der Waals surface area contributed by atoms with Crippen LogP contribution in [-0.4, -0.2) is 29.7 Å². The molecule has 18 heavy (non-hydrogen) atoms. The maximum Gasteiger partial charge on any atom is 0.322 e.